The lowest BCUT2D eigenvalue weighted by molar-refractivity contribution is 0.601. The molecule has 0 aromatic heterocycles. The second kappa shape index (κ2) is 5.66. The number of hydrogen-bond acceptors (Lipinski definition) is 4. The second-order valence-corrected chi connectivity index (χ2v) is 5.99. The normalized spacial score (nSPS) is 11.2. The van der Waals surface area contributed by atoms with Crippen LogP contribution < -0.4 is 16.0 Å². The monoisotopic (exact) mass is 315 g/mol. The van der Waals surface area contributed by atoms with Gasteiger partial charge in [-0.15, -0.1) is 0 Å². The van der Waals surface area contributed by atoms with Crippen molar-refractivity contribution < 1.29 is 12.8 Å². The second-order valence-electron chi connectivity index (χ2n) is 3.90. The zero-order valence-electron chi connectivity index (χ0n) is 10.1. The van der Waals surface area contributed by atoms with Crippen LogP contribution in [0.15, 0.2) is 47.4 Å². The molecule has 0 spiro atoms. The summed E-state index contributed by atoms with van der Waals surface area (Å²) >= 11 is 5.78. The Morgan fingerprint density at radius 2 is 1.75 bits per heavy atom. The third-order valence-electron chi connectivity index (χ3n) is 2.51. The summed E-state index contributed by atoms with van der Waals surface area (Å²) in [6.07, 6.45) is 0. The maximum atomic E-state index is 12.9. The number of rotatable bonds is 4. The van der Waals surface area contributed by atoms with Gasteiger partial charge in [-0.05, 0) is 42.5 Å². The zero-order chi connectivity index (χ0) is 14.8. The van der Waals surface area contributed by atoms with Crippen molar-refractivity contribution in [1.82, 2.24) is 0 Å². The van der Waals surface area contributed by atoms with Gasteiger partial charge in [-0.3, -0.25) is 10.6 Å². The highest BCUT2D eigenvalue weighted by atomic mass is 35.5. The first-order valence-corrected chi connectivity index (χ1v) is 7.33. The molecular formula is C12H11ClFN3O2S. The summed E-state index contributed by atoms with van der Waals surface area (Å²) < 4.78 is 39.4. The minimum absolute atomic E-state index is 0.0196. The highest BCUT2D eigenvalue weighted by Crippen LogP contribution is 2.25. The number of hydrazine groups is 1. The van der Waals surface area contributed by atoms with Crippen LogP contribution >= 0.6 is 11.6 Å². The zero-order valence-corrected chi connectivity index (χ0v) is 11.7. The number of anilines is 2. The van der Waals surface area contributed by atoms with Crippen LogP contribution in [0.4, 0.5) is 15.8 Å². The molecule has 5 nitrogen and oxygen atoms in total. The van der Waals surface area contributed by atoms with E-state index in [4.69, 9.17) is 17.4 Å². The van der Waals surface area contributed by atoms with Crippen LogP contribution in [0, 0.1) is 5.82 Å². The fraction of sp³-hybridized carbons (Fsp3) is 0. The predicted octanol–water partition coefficient (Wildman–Crippen LogP) is 2.57. The molecular weight excluding hydrogens is 305 g/mol. The number of hydrogen-bond donors (Lipinski definition) is 3. The Morgan fingerprint density at radius 1 is 1.10 bits per heavy atom. The minimum atomic E-state index is -3.80. The standard InChI is InChI=1S/C12H11ClFN3O2S/c13-11-7-8(14)1-6-12(11)17-20(18,19)10-4-2-9(16-15)3-5-10/h1-7,16-17H,15H2. The minimum Gasteiger partial charge on any atom is -0.324 e. The molecule has 0 saturated heterocycles. The van der Waals surface area contributed by atoms with Crippen LogP contribution in [0.2, 0.25) is 5.02 Å². The molecule has 0 aliphatic rings. The van der Waals surface area contributed by atoms with Crippen molar-refractivity contribution in [2.45, 2.75) is 4.90 Å². The van der Waals surface area contributed by atoms with E-state index in [0.717, 1.165) is 12.1 Å². The van der Waals surface area contributed by atoms with E-state index in [1.165, 1.54) is 30.3 Å². The molecule has 8 heteroatoms. The van der Waals surface area contributed by atoms with Crippen molar-refractivity contribution in [3.63, 3.8) is 0 Å². The van der Waals surface area contributed by atoms with E-state index in [1.54, 1.807) is 0 Å². The lowest BCUT2D eigenvalue weighted by atomic mass is 10.3. The van der Waals surface area contributed by atoms with E-state index in [0.29, 0.717) is 5.69 Å². The van der Waals surface area contributed by atoms with E-state index < -0.39 is 15.8 Å². The van der Waals surface area contributed by atoms with Gasteiger partial charge in [0.25, 0.3) is 10.0 Å². The summed E-state index contributed by atoms with van der Waals surface area (Å²) in [6.45, 7) is 0. The topological polar surface area (TPSA) is 84.2 Å². The fourth-order valence-electron chi connectivity index (χ4n) is 1.51. The maximum Gasteiger partial charge on any atom is 0.261 e. The van der Waals surface area contributed by atoms with Crippen LogP contribution in [0.3, 0.4) is 0 Å². The number of benzene rings is 2. The highest BCUT2D eigenvalue weighted by molar-refractivity contribution is 7.92. The van der Waals surface area contributed by atoms with E-state index in [-0.39, 0.29) is 15.6 Å². The summed E-state index contributed by atoms with van der Waals surface area (Å²) in [4.78, 5) is 0.0388. The van der Waals surface area contributed by atoms with Crippen LogP contribution in [0.25, 0.3) is 0 Å². The molecule has 2 aromatic carbocycles. The van der Waals surface area contributed by atoms with Crippen molar-refractivity contribution in [1.29, 1.82) is 0 Å². The van der Waals surface area contributed by atoms with Crippen molar-refractivity contribution in [3.05, 3.63) is 53.3 Å². The van der Waals surface area contributed by atoms with Gasteiger partial charge in [-0.1, -0.05) is 11.6 Å². The summed E-state index contributed by atoms with van der Waals surface area (Å²) in [5.41, 5.74) is 3.07. The fourth-order valence-corrected chi connectivity index (χ4v) is 2.86. The van der Waals surface area contributed by atoms with Crippen molar-refractivity contribution in [3.8, 4) is 0 Å². The quantitative estimate of drug-likeness (QED) is 0.598. The molecule has 0 heterocycles. The molecule has 2 aromatic rings. The molecule has 20 heavy (non-hydrogen) atoms. The van der Waals surface area contributed by atoms with Crippen LogP contribution in [0.1, 0.15) is 0 Å². The molecule has 0 saturated carbocycles. The first-order chi connectivity index (χ1) is 9.42. The number of nitrogens with two attached hydrogens (primary N) is 1. The number of nitrogen functional groups attached to an aromatic ring is 1. The van der Waals surface area contributed by atoms with Gasteiger partial charge >= 0.3 is 0 Å². The van der Waals surface area contributed by atoms with Gasteiger partial charge in [-0.25, -0.2) is 12.8 Å². The Bertz CT molecular complexity index is 720. The Morgan fingerprint density at radius 3 is 2.30 bits per heavy atom. The average molecular weight is 316 g/mol. The van der Waals surface area contributed by atoms with Crippen LogP contribution in [0.5, 0.6) is 0 Å². The molecule has 0 unspecified atom stereocenters. The Kier molecular flexibility index (Phi) is 4.12. The van der Waals surface area contributed by atoms with Crippen LogP contribution in [-0.2, 0) is 10.0 Å². The van der Waals surface area contributed by atoms with Gasteiger partial charge in [0.2, 0.25) is 0 Å². The van der Waals surface area contributed by atoms with Gasteiger partial charge < -0.3 is 5.43 Å². The summed E-state index contributed by atoms with van der Waals surface area (Å²) in [6, 6.07) is 9.20. The largest absolute Gasteiger partial charge is 0.324 e. The molecule has 0 amide bonds. The number of sulfonamides is 1. The molecule has 0 aliphatic carbocycles. The Hall–Kier alpha value is -1.83. The van der Waals surface area contributed by atoms with Crippen molar-refractivity contribution >= 4 is 33.0 Å². The average Bonchev–Trinajstić information content (AvgIpc) is 2.42. The van der Waals surface area contributed by atoms with Crippen LogP contribution in [-0.4, -0.2) is 8.42 Å². The van der Waals surface area contributed by atoms with Crippen molar-refractivity contribution in [2.75, 3.05) is 10.1 Å². The summed E-state index contributed by atoms with van der Waals surface area (Å²) in [5.74, 6) is 4.65. The van der Waals surface area contributed by atoms with E-state index >= 15 is 0 Å². The molecule has 0 radical (unpaired) electrons. The molecule has 0 bridgehead atoms. The van der Waals surface area contributed by atoms with Gasteiger partial charge in [0.1, 0.15) is 5.82 Å². The first kappa shape index (κ1) is 14.6. The summed E-state index contributed by atoms with van der Waals surface area (Å²) in [5, 5.41) is -0.0196. The van der Waals surface area contributed by atoms with Gasteiger partial charge in [0, 0.05) is 5.69 Å². The molecule has 0 atom stereocenters. The molecule has 4 N–H and O–H groups in total. The van der Waals surface area contributed by atoms with E-state index in [2.05, 4.69) is 10.1 Å². The number of halogens is 2. The molecule has 2 rings (SSSR count). The smallest absolute Gasteiger partial charge is 0.261 e. The van der Waals surface area contributed by atoms with Gasteiger partial charge in [0.15, 0.2) is 0 Å². The Labute approximate surface area is 120 Å². The summed E-state index contributed by atoms with van der Waals surface area (Å²) in [7, 11) is -3.80. The molecule has 0 aliphatic heterocycles. The molecule has 0 fully saturated rings. The highest BCUT2D eigenvalue weighted by Gasteiger charge is 2.15. The molecule has 106 valence electrons. The van der Waals surface area contributed by atoms with E-state index in [1.807, 2.05) is 0 Å². The Balaban J connectivity index is 2.30. The van der Waals surface area contributed by atoms with E-state index in [9.17, 15) is 12.8 Å². The van der Waals surface area contributed by atoms with Gasteiger partial charge in [0.05, 0.1) is 15.6 Å². The first-order valence-electron chi connectivity index (χ1n) is 5.47. The maximum absolute atomic E-state index is 12.9. The number of nitrogens with one attached hydrogen (secondary N) is 2. The lowest BCUT2D eigenvalue weighted by Crippen LogP contribution is -2.13. The lowest BCUT2D eigenvalue weighted by Gasteiger charge is -2.10. The van der Waals surface area contributed by atoms with Crippen molar-refractivity contribution in [2.24, 2.45) is 5.84 Å². The predicted molar refractivity (Wildman–Crippen MR) is 76.5 cm³/mol. The third-order valence-corrected chi connectivity index (χ3v) is 4.20. The SMILES string of the molecule is NNc1ccc(S(=O)(=O)Nc2ccc(F)cc2Cl)cc1. The van der Waals surface area contributed by atoms with Gasteiger partial charge in [-0.2, -0.15) is 0 Å². The third kappa shape index (κ3) is 3.19.